The van der Waals surface area contributed by atoms with E-state index in [4.69, 9.17) is 6.11 Å². The molecule has 6 heterocycles. The number of carbonyl (C=O) groups excluding carboxylic acids is 1. The molecular formula is C48H62N3O3+. The van der Waals surface area contributed by atoms with Gasteiger partial charge in [0.2, 0.25) is 11.6 Å². The smallest absolute Gasteiger partial charge is 0.222 e. The maximum absolute atomic E-state index is 13.0. The normalized spacial score (nSPS) is 30.5. The number of benzene rings is 2. The topological polar surface area (TPSA) is 56.0 Å². The van der Waals surface area contributed by atoms with Gasteiger partial charge in [0.1, 0.15) is 6.10 Å². The third-order valence-corrected chi connectivity index (χ3v) is 14.4. The maximum Gasteiger partial charge on any atom is 0.222 e. The van der Waals surface area contributed by atoms with Crippen LogP contribution in [0.25, 0.3) is 0 Å². The van der Waals surface area contributed by atoms with Crippen molar-refractivity contribution in [3.05, 3.63) is 93.7 Å². The summed E-state index contributed by atoms with van der Waals surface area (Å²) in [6, 6.07) is 18.1. The van der Waals surface area contributed by atoms with Crippen molar-refractivity contribution in [2.75, 3.05) is 31.1 Å². The molecule has 2 aromatic carbocycles. The van der Waals surface area contributed by atoms with E-state index in [1.54, 1.807) is 5.57 Å². The van der Waals surface area contributed by atoms with Gasteiger partial charge in [-0.3, -0.25) is 4.79 Å². The molecule has 1 saturated heterocycles. The molecule has 7 aliphatic rings. The van der Waals surface area contributed by atoms with Crippen molar-refractivity contribution < 1.29 is 20.6 Å². The Morgan fingerprint density at radius 1 is 1.00 bits per heavy atom. The van der Waals surface area contributed by atoms with Gasteiger partial charge >= 0.3 is 0 Å². The number of β-amino-alcohol motifs (C(OH)–C–C–N with tert-alkyl or cyclic N) is 1. The number of aliphatic hydroxyl groups is 1. The number of aliphatic hydroxyl groups excluding tert-OH is 1. The Morgan fingerprint density at radius 3 is 2.61 bits per heavy atom. The zero-order valence-corrected chi connectivity index (χ0v) is 33.4. The van der Waals surface area contributed by atoms with E-state index in [2.05, 4.69) is 98.7 Å². The van der Waals surface area contributed by atoms with Gasteiger partial charge in [0, 0.05) is 61.4 Å². The Bertz CT molecular complexity index is 2020. The number of carbonyl (C=O) groups is 1. The number of anilines is 1. The average Bonchev–Trinajstić information content (AvgIpc) is 3.56. The maximum atomic E-state index is 13.0. The van der Waals surface area contributed by atoms with Crippen molar-refractivity contribution in [1.82, 2.24) is 4.90 Å². The molecule has 0 spiro atoms. The number of hydrogen-bond donors (Lipinski definition) is 1. The Kier molecular flexibility index (Phi) is 8.63. The van der Waals surface area contributed by atoms with Gasteiger partial charge in [-0.1, -0.05) is 76.4 Å². The van der Waals surface area contributed by atoms with E-state index in [9.17, 15) is 9.90 Å². The van der Waals surface area contributed by atoms with Crippen LogP contribution in [0, 0.1) is 11.3 Å². The van der Waals surface area contributed by atoms with Crippen molar-refractivity contribution >= 4 is 23.0 Å². The number of allylic oxidation sites excluding steroid dienone is 3. The standard InChI is InChI=1S/C48H62N3O3/c1-7-16-33-34-28-35-43-47(4,5)36-18-10-12-20-38(36)51(43)30-46(2,3)45(35)54-40(34)27-31-23-26-50-39-21-13-11-19-37(39)48(6,44(50)42(31)33)24-14-8-9-22-41(53)49-25-15-17-32(52)29-49/h10-13,18-21,28,31-32,40,45,52H,7-9,14-17,22-27,29-30H2,1-6H3/q+1/i1T. The van der Waals surface area contributed by atoms with Crippen LogP contribution in [0.15, 0.2) is 82.6 Å². The molecular weight excluding hydrogens is 667 g/mol. The minimum atomic E-state index is -0.375. The zero-order chi connectivity index (χ0) is 38.3. The lowest BCUT2D eigenvalue weighted by molar-refractivity contribution is -0.466. The zero-order valence-electron chi connectivity index (χ0n) is 34.4. The number of unbranched alkanes of at least 4 members (excludes halogenated alkanes) is 2. The van der Waals surface area contributed by atoms with Crippen molar-refractivity contribution in [1.29, 1.82) is 0 Å². The summed E-state index contributed by atoms with van der Waals surface area (Å²) in [5.74, 6) is 0.633. The lowest BCUT2D eigenvalue weighted by Crippen LogP contribution is -2.54. The fourth-order valence-corrected chi connectivity index (χ4v) is 11.9. The highest BCUT2D eigenvalue weighted by Gasteiger charge is 2.59. The molecule has 1 fully saturated rings. The van der Waals surface area contributed by atoms with Gasteiger partial charge in [0.25, 0.3) is 0 Å². The predicted octanol–water partition coefficient (Wildman–Crippen LogP) is 9.28. The second-order valence-corrected chi connectivity index (χ2v) is 18.9. The molecule has 5 unspecified atom stereocenters. The Balaban J connectivity index is 1.11. The molecule has 6 aliphatic heterocycles. The second kappa shape index (κ2) is 13.3. The molecule has 1 amide bonds. The molecule has 1 aliphatic carbocycles. The van der Waals surface area contributed by atoms with Gasteiger partial charge in [-0.05, 0) is 106 Å². The van der Waals surface area contributed by atoms with Crippen LogP contribution >= 0.6 is 0 Å². The third kappa shape index (κ3) is 5.55. The molecule has 286 valence electrons. The largest absolute Gasteiger partial charge is 0.391 e. The van der Waals surface area contributed by atoms with Crippen LogP contribution in [-0.2, 0) is 20.4 Å². The van der Waals surface area contributed by atoms with E-state index in [-0.39, 0.29) is 40.5 Å². The number of nitrogens with zero attached hydrogens (tertiary/aromatic N) is 3. The molecule has 0 bridgehead atoms. The summed E-state index contributed by atoms with van der Waals surface area (Å²) >= 11 is 0. The number of rotatable bonds is 8. The molecule has 54 heavy (non-hydrogen) atoms. The van der Waals surface area contributed by atoms with E-state index < -0.39 is 0 Å². The van der Waals surface area contributed by atoms with Gasteiger partial charge in [0.05, 0.1) is 23.0 Å². The first-order chi connectivity index (χ1) is 26.4. The second-order valence-electron chi connectivity index (χ2n) is 18.9. The van der Waals surface area contributed by atoms with Gasteiger partial charge in [-0.25, -0.2) is 0 Å². The molecule has 6 heteroatoms. The monoisotopic (exact) mass is 730 g/mol. The lowest BCUT2D eigenvalue weighted by Gasteiger charge is -2.49. The SMILES string of the molecule is [3H]CCCC1=C2C=C3C4=[N+](CC(C)(C)C3OC2CC2CCN3C(=C12)C(C)(CCCCCC(=O)N1CCCC(O)C1)c1ccccc13)c1ccccc1C4(C)C. The molecule has 0 aromatic heterocycles. The van der Waals surface area contributed by atoms with Gasteiger partial charge in [-0.2, -0.15) is 4.58 Å². The first-order valence-electron chi connectivity index (χ1n) is 21.9. The summed E-state index contributed by atoms with van der Waals surface area (Å²) in [4.78, 5) is 17.6. The number of para-hydroxylation sites is 2. The summed E-state index contributed by atoms with van der Waals surface area (Å²) in [5, 5.41) is 10.1. The number of amides is 1. The highest BCUT2D eigenvalue weighted by atomic mass is 16.5. The minimum Gasteiger partial charge on any atom is -0.391 e. The molecule has 0 radical (unpaired) electrons. The summed E-state index contributed by atoms with van der Waals surface area (Å²) in [6.45, 7) is 15.7. The first kappa shape index (κ1) is 35.0. The van der Waals surface area contributed by atoms with E-state index in [0.717, 1.165) is 83.8 Å². The fraction of sp³-hybridized carbons (Fsp3) is 0.583. The summed E-state index contributed by atoms with van der Waals surface area (Å²) in [5.41, 5.74) is 13.9. The van der Waals surface area contributed by atoms with Crippen molar-refractivity contribution in [3.8, 4) is 0 Å². The van der Waals surface area contributed by atoms with Gasteiger partial charge in [-0.15, -0.1) is 0 Å². The highest BCUT2D eigenvalue weighted by molar-refractivity contribution is 6.09. The van der Waals surface area contributed by atoms with Crippen molar-refractivity contribution in [2.24, 2.45) is 11.3 Å². The number of fused-ring (bicyclic) bond motifs is 9. The van der Waals surface area contributed by atoms with Gasteiger partial charge < -0.3 is 19.6 Å². The molecule has 6 nitrogen and oxygen atoms in total. The van der Waals surface area contributed by atoms with Gasteiger partial charge in [0.15, 0.2) is 12.3 Å². The summed E-state index contributed by atoms with van der Waals surface area (Å²) in [7, 11) is 0. The number of piperidine rings is 1. The number of likely N-dealkylation sites (tertiary alicyclic amines) is 1. The van der Waals surface area contributed by atoms with Crippen LogP contribution in [0.1, 0.15) is 125 Å². The predicted molar refractivity (Wildman–Crippen MR) is 218 cm³/mol. The van der Waals surface area contributed by atoms with Crippen LogP contribution in [0.4, 0.5) is 11.4 Å². The van der Waals surface area contributed by atoms with E-state index in [1.165, 1.54) is 50.6 Å². The van der Waals surface area contributed by atoms with Crippen LogP contribution in [0.3, 0.4) is 0 Å². The number of hydrogen-bond acceptors (Lipinski definition) is 4. The summed E-state index contributed by atoms with van der Waals surface area (Å²) in [6.07, 6.45) is 12.5. The molecule has 9 rings (SSSR count). The molecule has 5 atom stereocenters. The fourth-order valence-electron chi connectivity index (χ4n) is 11.9. The Morgan fingerprint density at radius 2 is 1.80 bits per heavy atom. The first-order valence-corrected chi connectivity index (χ1v) is 21.2. The quantitative estimate of drug-likeness (QED) is 0.217. The van der Waals surface area contributed by atoms with E-state index in [1.807, 2.05) is 4.90 Å². The van der Waals surface area contributed by atoms with E-state index in [0.29, 0.717) is 25.8 Å². The summed E-state index contributed by atoms with van der Waals surface area (Å²) < 4.78 is 18.4. The molecule has 1 N–H and O–H groups in total. The van der Waals surface area contributed by atoms with Crippen LogP contribution in [0.5, 0.6) is 0 Å². The Hall–Kier alpha value is -3.48. The highest BCUT2D eigenvalue weighted by Crippen LogP contribution is 2.59. The Labute approximate surface area is 325 Å². The molecule has 0 saturated carbocycles. The average molecular weight is 731 g/mol. The third-order valence-electron chi connectivity index (χ3n) is 14.4. The number of ether oxygens (including phenoxy) is 1. The van der Waals surface area contributed by atoms with Crippen molar-refractivity contribution in [2.45, 2.75) is 141 Å². The lowest BCUT2D eigenvalue weighted by atomic mass is 9.65. The molecule has 2 aromatic rings. The van der Waals surface area contributed by atoms with Crippen LogP contribution in [-0.4, -0.2) is 70.7 Å². The minimum absolute atomic E-state index is 0.0423. The van der Waals surface area contributed by atoms with E-state index >= 15 is 0 Å². The van der Waals surface area contributed by atoms with Crippen LogP contribution in [0.2, 0.25) is 0 Å². The van der Waals surface area contributed by atoms with Crippen molar-refractivity contribution in [3.63, 3.8) is 0 Å². The van der Waals surface area contributed by atoms with Crippen LogP contribution < -0.4 is 4.90 Å².